The monoisotopic (exact) mass is 368 g/mol. The number of carbonyl (C=O) groups excluding carboxylic acids is 1. The third-order valence-electron chi connectivity index (χ3n) is 5.21. The second-order valence-electron chi connectivity index (χ2n) is 7.90. The zero-order valence-electron chi connectivity index (χ0n) is 17.8. The molecule has 26 heavy (non-hydrogen) atoms. The van der Waals surface area contributed by atoms with Crippen molar-refractivity contribution in [3.8, 4) is 0 Å². The predicted octanol–water partition coefficient (Wildman–Crippen LogP) is 6.49. The Bertz CT molecular complexity index is 255. The molecule has 3 N–H and O–H groups in total. The molecule has 0 saturated heterocycles. The molecule has 3 nitrogen and oxygen atoms in total. The van der Waals surface area contributed by atoms with Gasteiger partial charge in [-0.05, 0) is 25.8 Å². The number of hydrogen-bond acceptors (Lipinski definition) is 2. The second-order valence-corrected chi connectivity index (χ2v) is 7.90. The SMILES string of the molecule is CCCCCCCCCCCCC(=O)NCCCCCCCCCCN. The van der Waals surface area contributed by atoms with Crippen molar-refractivity contribution in [1.29, 1.82) is 0 Å². The van der Waals surface area contributed by atoms with Gasteiger partial charge in [-0.15, -0.1) is 0 Å². The summed E-state index contributed by atoms with van der Waals surface area (Å²) in [7, 11) is 0. The van der Waals surface area contributed by atoms with Crippen LogP contribution in [0.2, 0.25) is 0 Å². The van der Waals surface area contributed by atoms with Crippen LogP contribution in [-0.4, -0.2) is 19.0 Å². The summed E-state index contributed by atoms with van der Waals surface area (Å²) in [6.45, 7) is 3.96. The Morgan fingerprint density at radius 2 is 1.04 bits per heavy atom. The van der Waals surface area contributed by atoms with Gasteiger partial charge in [-0.3, -0.25) is 4.79 Å². The van der Waals surface area contributed by atoms with Crippen molar-refractivity contribution in [2.75, 3.05) is 13.1 Å². The molecule has 0 rings (SSSR count). The second kappa shape index (κ2) is 22.5. The Hall–Kier alpha value is -0.570. The van der Waals surface area contributed by atoms with Crippen molar-refractivity contribution in [1.82, 2.24) is 5.32 Å². The van der Waals surface area contributed by atoms with Gasteiger partial charge in [0.2, 0.25) is 5.91 Å². The predicted molar refractivity (Wildman–Crippen MR) is 115 cm³/mol. The summed E-state index contributed by atoms with van der Waals surface area (Å²) in [4.78, 5) is 11.8. The Labute approximate surface area is 164 Å². The first kappa shape index (κ1) is 25.4. The summed E-state index contributed by atoms with van der Waals surface area (Å²) < 4.78 is 0. The van der Waals surface area contributed by atoms with E-state index < -0.39 is 0 Å². The van der Waals surface area contributed by atoms with Crippen molar-refractivity contribution < 1.29 is 4.79 Å². The first-order valence-electron chi connectivity index (χ1n) is 11.8. The number of carbonyl (C=O) groups is 1. The average Bonchev–Trinajstić information content (AvgIpc) is 2.64. The lowest BCUT2D eigenvalue weighted by atomic mass is 10.1. The van der Waals surface area contributed by atoms with Crippen LogP contribution in [-0.2, 0) is 4.79 Å². The number of amides is 1. The molecule has 156 valence electrons. The Kier molecular flexibility index (Phi) is 22.0. The molecule has 0 aliphatic carbocycles. The van der Waals surface area contributed by atoms with E-state index >= 15 is 0 Å². The maximum atomic E-state index is 11.8. The highest BCUT2D eigenvalue weighted by Crippen LogP contribution is 2.11. The summed E-state index contributed by atoms with van der Waals surface area (Å²) in [5, 5.41) is 3.08. The lowest BCUT2D eigenvalue weighted by molar-refractivity contribution is -0.121. The number of nitrogens with two attached hydrogens (primary N) is 1. The first-order chi connectivity index (χ1) is 12.8. The molecule has 0 aromatic heterocycles. The van der Waals surface area contributed by atoms with Crippen LogP contribution in [0.4, 0.5) is 0 Å². The molecule has 0 heterocycles. The van der Waals surface area contributed by atoms with E-state index in [4.69, 9.17) is 5.73 Å². The molecule has 1 amide bonds. The van der Waals surface area contributed by atoms with Crippen LogP contribution in [0.3, 0.4) is 0 Å². The van der Waals surface area contributed by atoms with E-state index in [1.165, 1.54) is 103 Å². The van der Waals surface area contributed by atoms with Gasteiger partial charge in [-0.1, -0.05) is 103 Å². The normalized spacial score (nSPS) is 11.0. The molecule has 0 atom stereocenters. The fourth-order valence-electron chi connectivity index (χ4n) is 3.42. The van der Waals surface area contributed by atoms with Crippen molar-refractivity contribution in [2.24, 2.45) is 5.73 Å². The quantitative estimate of drug-likeness (QED) is 0.227. The molecule has 0 spiro atoms. The molecular weight excluding hydrogens is 320 g/mol. The molecule has 0 fully saturated rings. The molecular formula is C23H48N2O. The van der Waals surface area contributed by atoms with Gasteiger partial charge in [0, 0.05) is 13.0 Å². The van der Waals surface area contributed by atoms with Gasteiger partial charge in [0.1, 0.15) is 0 Å². The van der Waals surface area contributed by atoms with Gasteiger partial charge in [0.25, 0.3) is 0 Å². The molecule has 0 aliphatic heterocycles. The third-order valence-corrected chi connectivity index (χ3v) is 5.21. The van der Waals surface area contributed by atoms with Gasteiger partial charge in [0.05, 0.1) is 0 Å². The summed E-state index contributed by atoms with van der Waals surface area (Å²) in [5.41, 5.74) is 5.49. The standard InChI is InChI=1S/C23H48N2O/c1-2-3-4-5-6-7-8-11-14-17-20-23(26)25-22-19-16-13-10-9-12-15-18-21-24/h2-22,24H2,1H3,(H,25,26). The third kappa shape index (κ3) is 21.5. The van der Waals surface area contributed by atoms with E-state index in [0.717, 1.165) is 32.4 Å². The van der Waals surface area contributed by atoms with Crippen molar-refractivity contribution in [2.45, 2.75) is 129 Å². The Morgan fingerprint density at radius 1 is 0.615 bits per heavy atom. The number of rotatable bonds is 21. The minimum Gasteiger partial charge on any atom is -0.356 e. The van der Waals surface area contributed by atoms with E-state index in [2.05, 4.69) is 12.2 Å². The van der Waals surface area contributed by atoms with Crippen LogP contribution < -0.4 is 11.1 Å². The number of unbranched alkanes of at least 4 members (excludes halogenated alkanes) is 16. The molecule has 0 unspecified atom stereocenters. The van der Waals surface area contributed by atoms with Crippen LogP contribution in [0, 0.1) is 0 Å². The summed E-state index contributed by atoms with van der Waals surface area (Å²) in [5.74, 6) is 0.256. The lowest BCUT2D eigenvalue weighted by Crippen LogP contribution is -2.23. The van der Waals surface area contributed by atoms with E-state index in [1.807, 2.05) is 0 Å². The van der Waals surface area contributed by atoms with Crippen LogP contribution in [0.1, 0.15) is 129 Å². The Morgan fingerprint density at radius 3 is 1.54 bits per heavy atom. The molecule has 0 saturated carbocycles. The minimum atomic E-state index is 0.256. The minimum absolute atomic E-state index is 0.256. The maximum Gasteiger partial charge on any atom is 0.219 e. The Balaban J connectivity index is 3.13. The van der Waals surface area contributed by atoms with Crippen LogP contribution in [0.15, 0.2) is 0 Å². The molecule has 0 radical (unpaired) electrons. The van der Waals surface area contributed by atoms with Gasteiger partial charge < -0.3 is 11.1 Å². The largest absolute Gasteiger partial charge is 0.356 e. The smallest absolute Gasteiger partial charge is 0.219 e. The number of nitrogens with one attached hydrogen (secondary N) is 1. The fraction of sp³-hybridized carbons (Fsp3) is 0.957. The number of hydrogen-bond donors (Lipinski definition) is 2. The summed E-state index contributed by atoms with van der Waals surface area (Å²) in [6.07, 6.45) is 24.1. The topological polar surface area (TPSA) is 55.1 Å². The van der Waals surface area contributed by atoms with E-state index in [9.17, 15) is 4.79 Å². The van der Waals surface area contributed by atoms with Crippen LogP contribution in [0.5, 0.6) is 0 Å². The average molecular weight is 369 g/mol. The van der Waals surface area contributed by atoms with Crippen molar-refractivity contribution in [3.63, 3.8) is 0 Å². The van der Waals surface area contributed by atoms with Gasteiger partial charge in [-0.25, -0.2) is 0 Å². The molecule has 0 bridgehead atoms. The summed E-state index contributed by atoms with van der Waals surface area (Å²) in [6, 6.07) is 0. The maximum absolute atomic E-state index is 11.8. The molecule has 3 heteroatoms. The van der Waals surface area contributed by atoms with Crippen LogP contribution >= 0.6 is 0 Å². The van der Waals surface area contributed by atoms with E-state index in [0.29, 0.717) is 0 Å². The highest BCUT2D eigenvalue weighted by Gasteiger charge is 2.00. The fourth-order valence-corrected chi connectivity index (χ4v) is 3.42. The van der Waals surface area contributed by atoms with Crippen molar-refractivity contribution >= 4 is 5.91 Å². The van der Waals surface area contributed by atoms with Gasteiger partial charge in [0.15, 0.2) is 0 Å². The summed E-state index contributed by atoms with van der Waals surface area (Å²) >= 11 is 0. The zero-order valence-corrected chi connectivity index (χ0v) is 17.8. The highest BCUT2D eigenvalue weighted by atomic mass is 16.1. The van der Waals surface area contributed by atoms with E-state index in [-0.39, 0.29) is 5.91 Å². The first-order valence-corrected chi connectivity index (χ1v) is 11.8. The molecule has 0 aromatic rings. The van der Waals surface area contributed by atoms with Gasteiger partial charge in [-0.2, -0.15) is 0 Å². The highest BCUT2D eigenvalue weighted by molar-refractivity contribution is 5.75. The zero-order chi connectivity index (χ0) is 19.1. The van der Waals surface area contributed by atoms with Crippen LogP contribution in [0.25, 0.3) is 0 Å². The lowest BCUT2D eigenvalue weighted by Gasteiger charge is -2.06. The molecule has 0 aromatic carbocycles. The van der Waals surface area contributed by atoms with Gasteiger partial charge >= 0.3 is 0 Å². The van der Waals surface area contributed by atoms with Crippen molar-refractivity contribution in [3.05, 3.63) is 0 Å². The molecule has 0 aliphatic rings. The van der Waals surface area contributed by atoms with E-state index in [1.54, 1.807) is 0 Å².